The van der Waals surface area contributed by atoms with Gasteiger partial charge in [0.05, 0.1) is 11.4 Å². The zero-order valence-corrected chi connectivity index (χ0v) is 9.79. The Bertz CT molecular complexity index is 449. The number of rotatable bonds is 4. The molecule has 2 aromatic rings. The molecule has 2 rings (SSSR count). The lowest BCUT2D eigenvalue weighted by Gasteiger charge is -1.88. The molecule has 0 saturated heterocycles. The van der Waals surface area contributed by atoms with Crippen LogP contribution in [0.5, 0.6) is 0 Å². The minimum absolute atomic E-state index is 0.801. The van der Waals surface area contributed by atoms with Crippen LogP contribution < -0.4 is 0 Å². The number of hydrogen-bond acceptors (Lipinski definition) is 5. The van der Waals surface area contributed by atoms with Crippen LogP contribution >= 0.6 is 12.1 Å². The van der Waals surface area contributed by atoms with Crippen molar-refractivity contribution in [2.45, 2.75) is 0 Å². The van der Waals surface area contributed by atoms with Gasteiger partial charge in [-0.05, 0) is 24.3 Å². The quantitative estimate of drug-likeness (QED) is 0.542. The van der Waals surface area contributed by atoms with Crippen LogP contribution in [0.4, 0.5) is 11.4 Å². The van der Waals surface area contributed by atoms with Gasteiger partial charge in [0, 0.05) is 0 Å². The maximum absolute atomic E-state index is 3.97. The largest absolute Gasteiger partial charge is 0.160 e. The Kier molecular flexibility index (Phi) is 4.42. The van der Waals surface area contributed by atoms with Crippen LogP contribution in [0.3, 0.4) is 0 Å². The van der Waals surface area contributed by atoms with Crippen molar-refractivity contribution in [1.29, 1.82) is 0 Å². The van der Waals surface area contributed by atoms with Gasteiger partial charge >= 0.3 is 0 Å². The summed E-state index contributed by atoms with van der Waals surface area (Å²) in [5.41, 5.74) is 1.60. The zero-order chi connectivity index (χ0) is 11.8. The van der Waals surface area contributed by atoms with Crippen LogP contribution in [-0.4, -0.2) is 0 Å². The summed E-state index contributed by atoms with van der Waals surface area (Å²) in [6, 6.07) is 19.0. The van der Waals surface area contributed by atoms with Gasteiger partial charge in [-0.3, -0.25) is 0 Å². The Morgan fingerprint density at radius 1 is 0.588 bits per heavy atom. The van der Waals surface area contributed by atoms with Crippen LogP contribution in [0.2, 0.25) is 0 Å². The van der Waals surface area contributed by atoms with E-state index in [-0.39, 0.29) is 0 Å². The summed E-state index contributed by atoms with van der Waals surface area (Å²) in [5, 5.41) is 7.94. The first-order valence-corrected chi connectivity index (χ1v) is 5.76. The summed E-state index contributed by atoms with van der Waals surface area (Å²) in [6.07, 6.45) is 0. The smallest absolute Gasteiger partial charge is 0.142 e. The van der Waals surface area contributed by atoms with E-state index in [9.17, 15) is 0 Å². The summed E-state index contributed by atoms with van der Waals surface area (Å²) < 4.78 is 7.68. The fourth-order valence-electron chi connectivity index (χ4n) is 1.14. The van der Waals surface area contributed by atoms with E-state index in [0.717, 1.165) is 23.5 Å². The molecule has 0 heterocycles. The normalized spacial score (nSPS) is 11.3. The minimum Gasteiger partial charge on any atom is -0.142 e. The summed E-state index contributed by atoms with van der Waals surface area (Å²) in [7, 11) is 0. The van der Waals surface area contributed by atoms with Crippen molar-refractivity contribution < 1.29 is 0 Å². The van der Waals surface area contributed by atoms with Gasteiger partial charge in [0.2, 0.25) is 0 Å². The average Bonchev–Trinajstić information content (AvgIpc) is 2.41. The van der Waals surface area contributed by atoms with Crippen LogP contribution in [0.25, 0.3) is 0 Å². The van der Waals surface area contributed by atoms with Gasteiger partial charge in [-0.15, -0.1) is 10.2 Å². The molecule has 4 nitrogen and oxygen atoms in total. The first-order valence-electron chi connectivity index (χ1n) is 5.03. The minimum atomic E-state index is 0.801. The fourth-order valence-corrected chi connectivity index (χ4v) is 1.43. The third-order valence-electron chi connectivity index (χ3n) is 1.90. The molecule has 0 unspecified atom stereocenters. The second-order valence-corrected chi connectivity index (χ2v) is 3.61. The van der Waals surface area contributed by atoms with Gasteiger partial charge in [0.15, 0.2) is 12.1 Å². The van der Waals surface area contributed by atoms with Crippen molar-refractivity contribution in [2.24, 2.45) is 19.3 Å². The Hall–Kier alpha value is -2.01. The van der Waals surface area contributed by atoms with Crippen LogP contribution in [-0.2, 0) is 0 Å². The number of hydrogen-bond donors (Lipinski definition) is 0. The average molecular weight is 242 g/mol. The summed E-state index contributed by atoms with van der Waals surface area (Å²) in [4.78, 5) is 0. The lowest BCUT2D eigenvalue weighted by Crippen LogP contribution is -1.59. The van der Waals surface area contributed by atoms with Crippen molar-refractivity contribution >= 4 is 23.5 Å². The molecule has 0 N–H and O–H groups in total. The van der Waals surface area contributed by atoms with Gasteiger partial charge in [-0.2, -0.15) is 0 Å². The molecule has 17 heavy (non-hydrogen) atoms. The molecule has 0 atom stereocenters. The molecule has 0 bridgehead atoms. The molecule has 0 aliphatic heterocycles. The highest BCUT2D eigenvalue weighted by Gasteiger charge is 1.86. The molecule has 2 aromatic carbocycles. The summed E-state index contributed by atoms with van der Waals surface area (Å²) >= 11 is 0.960. The highest BCUT2D eigenvalue weighted by atomic mass is 32.2. The maximum atomic E-state index is 3.97. The highest BCUT2D eigenvalue weighted by molar-refractivity contribution is 7.96. The molecule has 0 aliphatic rings. The monoisotopic (exact) mass is 242 g/mol. The number of nitrogens with zero attached hydrogens (tertiary/aromatic N) is 4. The van der Waals surface area contributed by atoms with Gasteiger partial charge in [-0.1, -0.05) is 45.4 Å². The van der Waals surface area contributed by atoms with Crippen molar-refractivity contribution in [3.05, 3.63) is 60.7 Å². The van der Waals surface area contributed by atoms with Crippen molar-refractivity contribution in [1.82, 2.24) is 0 Å². The Morgan fingerprint density at radius 2 is 1.00 bits per heavy atom. The molecular weight excluding hydrogens is 232 g/mol. The fraction of sp³-hybridized carbons (Fsp3) is 0. The van der Waals surface area contributed by atoms with E-state index in [4.69, 9.17) is 0 Å². The van der Waals surface area contributed by atoms with Gasteiger partial charge in [-0.25, -0.2) is 0 Å². The van der Waals surface area contributed by atoms with Gasteiger partial charge < -0.3 is 0 Å². The first kappa shape index (κ1) is 11.5. The topological polar surface area (TPSA) is 49.4 Å². The van der Waals surface area contributed by atoms with E-state index in [1.807, 2.05) is 60.7 Å². The van der Waals surface area contributed by atoms with E-state index in [2.05, 4.69) is 19.3 Å². The maximum Gasteiger partial charge on any atom is 0.160 e. The van der Waals surface area contributed by atoms with E-state index in [1.54, 1.807) is 0 Å². The van der Waals surface area contributed by atoms with Crippen LogP contribution in [0, 0.1) is 0 Å². The first-order chi connectivity index (χ1) is 8.45. The molecule has 0 radical (unpaired) electrons. The third kappa shape index (κ3) is 4.16. The lowest BCUT2D eigenvalue weighted by atomic mass is 10.3. The van der Waals surface area contributed by atoms with Gasteiger partial charge in [0.25, 0.3) is 0 Å². The number of benzene rings is 2. The predicted molar refractivity (Wildman–Crippen MR) is 69.5 cm³/mol. The van der Waals surface area contributed by atoms with Crippen LogP contribution in [0.1, 0.15) is 0 Å². The van der Waals surface area contributed by atoms with Crippen LogP contribution in [0.15, 0.2) is 79.9 Å². The summed E-state index contributed by atoms with van der Waals surface area (Å²) in [6.45, 7) is 0. The van der Waals surface area contributed by atoms with Gasteiger partial charge in [0.1, 0.15) is 0 Å². The molecule has 0 fully saturated rings. The zero-order valence-electron chi connectivity index (χ0n) is 8.97. The Morgan fingerprint density at radius 3 is 1.41 bits per heavy atom. The van der Waals surface area contributed by atoms with Crippen molar-refractivity contribution in [2.75, 3.05) is 0 Å². The van der Waals surface area contributed by atoms with E-state index in [1.165, 1.54) is 0 Å². The molecule has 0 aromatic heterocycles. The molecule has 0 amide bonds. The second kappa shape index (κ2) is 6.55. The van der Waals surface area contributed by atoms with E-state index in [0.29, 0.717) is 0 Å². The van der Waals surface area contributed by atoms with E-state index < -0.39 is 0 Å². The van der Waals surface area contributed by atoms with Crippen molar-refractivity contribution in [3.63, 3.8) is 0 Å². The molecule has 84 valence electrons. The SMILES string of the molecule is c1ccc(N=NSN=Nc2ccccc2)cc1. The van der Waals surface area contributed by atoms with Crippen molar-refractivity contribution in [3.8, 4) is 0 Å². The molecule has 0 spiro atoms. The standard InChI is InChI=1S/C12H10N4S/c1-3-7-11(8-4-1)13-15-17-16-14-12-9-5-2-6-10-12/h1-10H. The lowest BCUT2D eigenvalue weighted by molar-refractivity contribution is 1.30. The molecule has 0 saturated carbocycles. The molecular formula is C12H10N4S. The Balaban J connectivity index is 1.84. The molecule has 0 aliphatic carbocycles. The highest BCUT2D eigenvalue weighted by Crippen LogP contribution is 2.17. The third-order valence-corrected chi connectivity index (χ3v) is 2.21. The molecule has 5 heteroatoms. The second-order valence-electron chi connectivity index (χ2n) is 3.12. The summed E-state index contributed by atoms with van der Waals surface area (Å²) in [5.74, 6) is 0. The Labute approximate surface area is 104 Å². The van der Waals surface area contributed by atoms with E-state index >= 15 is 0 Å². The predicted octanol–water partition coefficient (Wildman–Crippen LogP) is 5.12.